The predicted octanol–water partition coefficient (Wildman–Crippen LogP) is 5.74. The van der Waals surface area contributed by atoms with Gasteiger partial charge < -0.3 is 19.4 Å². The Morgan fingerprint density at radius 1 is 1.18 bits per heavy atom. The summed E-state index contributed by atoms with van der Waals surface area (Å²) in [6, 6.07) is 7.40. The molecule has 11 heteroatoms. The minimum Gasteiger partial charge on any atom is -0.495 e. The number of rotatable bonds is 9. The summed E-state index contributed by atoms with van der Waals surface area (Å²) in [7, 11) is 3.48. The number of aromatic nitrogens is 5. The number of anilines is 2. The summed E-state index contributed by atoms with van der Waals surface area (Å²) in [6.07, 6.45) is 4.31. The van der Waals surface area contributed by atoms with Crippen LogP contribution in [0.25, 0.3) is 22.4 Å². The Kier molecular flexibility index (Phi) is 6.76. The molecule has 1 atom stereocenters. The van der Waals surface area contributed by atoms with Gasteiger partial charge in [-0.25, -0.2) is 23.7 Å². The summed E-state index contributed by atoms with van der Waals surface area (Å²) in [5, 5.41) is 3.33. The predicted molar refractivity (Wildman–Crippen MR) is 141 cm³/mol. The molecule has 204 valence electrons. The lowest BCUT2D eigenvalue weighted by Crippen LogP contribution is -2.21. The molecule has 9 nitrogen and oxygen atoms in total. The number of benzene rings is 1. The van der Waals surface area contributed by atoms with Crippen molar-refractivity contribution in [1.29, 1.82) is 0 Å². The van der Waals surface area contributed by atoms with Gasteiger partial charge in [-0.1, -0.05) is 6.07 Å². The minimum atomic E-state index is -2.82. The van der Waals surface area contributed by atoms with Crippen LogP contribution in [0, 0.1) is 5.92 Å². The van der Waals surface area contributed by atoms with Crippen molar-refractivity contribution in [2.24, 2.45) is 13.0 Å². The molecule has 1 N–H and O–H groups in total. The molecule has 39 heavy (non-hydrogen) atoms. The molecular formula is C28H30F2N6O3. The first-order valence-corrected chi connectivity index (χ1v) is 13.2. The lowest BCUT2D eigenvalue weighted by atomic mass is 10.1. The van der Waals surface area contributed by atoms with Gasteiger partial charge in [0.05, 0.1) is 42.4 Å². The van der Waals surface area contributed by atoms with Gasteiger partial charge in [0.2, 0.25) is 0 Å². The SMILES string of the molecule is COc1cc(-c2cncn2C)ccc1Nc1cc(CC(=O)C2CC2)nc2c1nc(C(F)F)n2C1CCCCO1. The lowest BCUT2D eigenvalue weighted by molar-refractivity contribution is -0.119. The van der Waals surface area contributed by atoms with E-state index in [0.717, 1.165) is 36.9 Å². The van der Waals surface area contributed by atoms with Crippen molar-refractivity contribution in [3.05, 3.63) is 48.3 Å². The summed E-state index contributed by atoms with van der Waals surface area (Å²) in [5.41, 5.74) is 4.00. The Hall–Kier alpha value is -3.86. The second-order valence-electron chi connectivity index (χ2n) is 10.1. The van der Waals surface area contributed by atoms with Crippen LogP contribution in [-0.2, 0) is 23.0 Å². The van der Waals surface area contributed by atoms with Crippen LogP contribution in [0.3, 0.4) is 0 Å². The number of hydrogen-bond donors (Lipinski definition) is 1. The van der Waals surface area contributed by atoms with Gasteiger partial charge in [-0.05, 0) is 50.3 Å². The van der Waals surface area contributed by atoms with Crippen LogP contribution in [-0.4, -0.2) is 43.6 Å². The number of carbonyl (C=O) groups is 1. The number of ketones is 1. The van der Waals surface area contributed by atoms with Crippen LogP contribution < -0.4 is 10.1 Å². The molecule has 0 spiro atoms. The number of fused-ring (bicyclic) bond motifs is 1. The fourth-order valence-corrected chi connectivity index (χ4v) is 5.15. The van der Waals surface area contributed by atoms with E-state index in [-0.39, 0.29) is 23.8 Å². The number of methoxy groups -OCH3 is 1. The van der Waals surface area contributed by atoms with Crippen LogP contribution in [0.5, 0.6) is 5.75 Å². The number of Topliss-reactive ketones (excluding diaryl/α,β-unsaturated/α-hetero) is 1. The fourth-order valence-electron chi connectivity index (χ4n) is 5.15. The second kappa shape index (κ2) is 10.4. The van der Waals surface area contributed by atoms with Gasteiger partial charge in [0.1, 0.15) is 23.3 Å². The van der Waals surface area contributed by atoms with E-state index in [2.05, 4.69) is 15.3 Å². The van der Waals surface area contributed by atoms with E-state index in [1.165, 1.54) is 4.57 Å². The van der Waals surface area contributed by atoms with Crippen LogP contribution in [0.4, 0.5) is 20.2 Å². The highest BCUT2D eigenvalue weighted by Gasteiger charge is 2.32. The van der Waals surface area contributed by atoms with Crippen molar-refractivity contribution in [3.8, 4) is 17.0 Å². The number of nitrogens with one attached hydrogen (secondary N) is 1. The summed E-state index contributed by atoms with van der Waals surface area (Å²) in [6.45, 7) is 0.484. The first-order valence-electron chi connectivity index (χ1n) is 13.2. The normalized spacial score (nSPS) is 17.6. The van der Waals surface area contributed by atoms with Crippen LogP contribution in [0.2, 0.25) is 0 Å². The van der Waals surface area contributed by atoms with Gasteiger partial charge in [0, 0.05) is 31.6 Å². The van der Waals surface area contributed by atoms with Crippen molar-refractivity contribution in [3.63, 3.8) is 0 Å². The average Bonchev–Trinajstić information content (AvgIpc) is 3.59. The van der Waals surface area contributed by atoms with Crippen molar-refractivity contribution in [1.82, 2.24) is 24.1 Å². The molecule has 2 aliphatic rings. The second-order valence-corrected chi connectivity index (χ2v) is 10.1. The molecule has 1 saturated carbocycles. The number of halogens is 2. The smallest absolute Gasteiger partial charge is 0.295 e. The van der Waals surface area contributed by atoms with E-state index in [1.807, 2.05) is 29.8 Å². The molecular weight excluding hydrogens is 506 g/mol. The van der Waals surface area contributed by atoms with E-state index < -0.39 is 18.5 Å². The van der Waals surface area contributed by atoms with Crippen molar-refractivity contribution in [2.45, 2.75) is 51.2 Å². The van der Waals surface area contributed by atoms with E-state index >= 15 is 0 Å². The Labute approximate surface area is 224 Å². The molecule has 0 bridgehead atoms. The molecule has 1 aromatic carbocycles. The van der Waals surface area contributed by atoms with Crippen molar-refractivity contribution in [2.75, 3.05) is 19.0 Å². The molecule has 1 unspecified atom stereocenters. The van der Waals surface area contributed by atoms with E-state index in [1.54, 1.807) is 25.7 Å². The first-order chi connectivity index (χ1) is 18.9. The molecule has 6 rings (SSSR count). The van der Waals surface area contributed by atoms with Gasteiger partial charge in [-0.3, -0.25) is 9.36 Å². The summed E-state index contributed by atoms with van der Waals surface area (Å²) >= 11 is 0. The average molecular weight is 537 g/mol. The van der Waals surface area contributed by atoms with E-state index in [0.29, 0.717) is 41.4 Å². The number of imidazole rings is 2. The lowest BCUT2D eigenvalue weighted by Gasteiger charge is -2.25. The van der Waals surface area contributed by atoms with E-state index in [4.69, 9.17) is 14.5 Å². The number of aryl methyl sites for hydroxylation is 1. The van der Waals surface area contributed by atoms with Gasteiger partial charge in [0.15, 0.2) is 11.5 Å². The molecule has 1 saturated heterocycles. The fraction of sp³-hybridized carbons (Fsp3) is 0.429. The Morgan fingerprint density at radius 2 is 2.03 bits per heavy atom. The van der Waals surface area contributed by atoms with Gasteiger partial charge in [0.25, 0.3) is 6.43 Å². The molecule has 1 aliphatic carbocycles. The standard InChI is InChI=1S/C28H30F2N6O3/c1-35-15-31-14-21(35)17-8-9-19(23(11-17)38-2)33-20-12-18(13-22(37)16-6-7-16)32-27-25(20)34-28(26(29)30)36(27)24-5-3-4-10-39-24/h8-9,11-12,14-16,24,26H,3-7,10,13H2,1-2H3,(H,32,33). The van der Waals surface area contributed by atoms with Crippen molar-refractivity contribution >= 4 is 28.3 Å². The Bertz CT molecular complexity index is 1520. The monoisotopic (exact) mass is 536 g/mol. The van der Waals surface area contributed by atoms with E-state index in [9.17, 15) is 13.6 Å². The molecule has 2 fully saturated rings. The highest BCUT2D eigenvalue weighted by atomic mass is 19.3. The van der Waals surface area contributed by atoms with Crippen LogP contribution in [0.15, 0.2) is 36.8 Å². The topological polar surface area (TPSA) is 96.1 Å². The number of hydrogen-bond acceptors (Lipinski definition) is 7. The van der Waals surface area contributed by atoms with Crippen LogP contribution in [0.1, 0.15) is 56.3 Å². The molecule has 0 amide bonds. The number of alkyl halides is 2. The largest absolute Gasteiger partial charge is 0.495 e. The third-order valence-corrected chi connectivity index (χ3v) is 7.34. The third-order valence-electron chi connectivity index (χ3n) is 7.34. The van der Waals surface area contributed by atoms with Crippen LogP contribution >= 0.6 is 0 Å². The van der Waals surface area contributed by atoms with Crippen molar-refractivity contribution < 1.29 is 23.0 Å². The molecule has 3 aromatic heterocycles. The quantitative estimate of drug-likeness (QED) is 0.291. The van der Waals surface area contributed by atoms with Gasteiger partial charge in [-0.15, -0.1) is 0 Å². The maximum Gasteiger partial charge on any atom is 0.295 e. The third kappa shape index (κ3) is 4.98. The zero-order chi connectivity index (χ0) is 27.1. The molecule has 0 radical (unpaired) electrons. The summed E-state index contributed by atoms with van der Waals surface area (Å²) in [5.74, 6) is 0.330. The zero-order valence-corrected chi connectivity index (χ0v) is 21.9. The summed E-state index contributed by atoms with van der Waals surface area (Å²) in [4.78, 5) is 25.9. The van der Waals surface area contributed by atoms with Gasteiger partial charge in [-0.2, -0.15) is 0 Å². The highest BCUT2D eigenvalue weighted by Crippen LogP contribution is 2.38. The summed E-state index contributed by atoms with van der Waals surface area (Å²) < 4.78 is 43.4. The molecule has 1 aliphatic heterocycles. The zero-order valence-electron chi connectivity index (χ0n) is 21.9. The number of ether oxygens (including phenoxy) is 2. The highest BCUT2D eigenvalue weighted by molar-refractivity contribution is 5.92. The Morgan fingerprint density at radius 3 is 2.69 bits per heavy atom. The maximum absolute atomic E-state index is 14.3. The minimum absolute atomic E-state index is 0.0572. The Balaban J connectivity index is 1.46. The molecule has 4 aromatic rings. The number of pyridine rings is 1. The number of nitrogens with zero attached hydrogens (tertiary/aromatic N) is 5. The number of carbonyl (C=O) groups excluding carboxylic acids is 1. The molecule has 4 heterocycles. The first kappa shape index (κ1) is 25.4. The maximum atomic E-state index is 14.3. The van der Waals surface area contributed by atoms with Gasteiger partial charge >= 0.3 is 0 Å².